The predicted molar refractivity (Wildman–Crippen MR) is 137 cm³/mol. The van der Waals surface area contributed by atoms with E-state index in [9.17, 15) is 4.79 Å². The molecule has 0 spiro atoms. The lowest BCUT2D eigenvalue weighted by Gasteiger charge is -2.42. The zero-order chi connectivity index (χ0) is 24.0. The van der Waals surface area contributed by atoms with Crippen molar-refractivity contribution in [3.05, 3.63) is 72.3 Å². The highest BCUT2D eigenvalue weighted by molar-refractivity contribution is 5.95. The van der Waals surface area contributed by atoms with E-state index in [-0.39, 0.29) is 17.9 Å². The Morgan fingerprint density at radius 1 is 1.09 bits per heavy atom. The van der Waals surface area contributed by atoms with Gasteiger partial charge < -0.3 is 19.4 Å². The van der Waals surface area contributed by atoms with Crippen LogP contribution in [0.4, 0.5) is 5.69 Å². The van der Waals surface area contributed by atoms with Crippen LogP contribution in [0.25, 0.3) is 0 Å². The number of nitrogens with zero attached hydrogens (tertiary/aromatic N) is 3. The number of aromatic nitrogens is 2. The molecule has 7 nitrogen and oxygen atoms in total. The van der Waals surface area contributed by atoms with Crippen molar-refractivity contribution in [2.45, 2.75) is 44.2 Å². The van der Waals surface area contributed by atoms with Gasteiger partial charge in [0, 0.05) is 37.4 Å². The number of anilines is 1. The smallest absolute Gasteiger partial charge is 0.194 e. The summed E-state index contributed by atoms with van der Waals surface area (Å²) in [6.45, 7) is 2.87. The number of carbonyl (C=O) groups is 1. The Labute approximate surface area is 207 Å². The number of aromatic amines is 1. The van der Waals surface area contributed by atoms with Gasteiger partial charge in [0.25, 0.3) is 0 Å². The van der Waals surface area contributed by atoms with E-state index in [2.05, 4.69) is 56.2 Å². The zero-order valence-corrected chi connectivity index (χ0v) is 20.4. The van der Waals surface area contributed by atoms with Crippen LogP contribution in [0.3, 0.4) is 0 Å². The van der Waals surface area contributed by atoms with Crippen molar-refractivity contribution in [2.24, 2.45) is 0 Å². The molecule has 1 aromatic heterocycles. The lowest BCUT2D eigenvalue weighted by Crippen LogP contribution is -2.55. The number of hydrogen-bond donors (Lipinski definition) is 1. The van der Waals surface area contributed by atoms with Gasteiger partial charge in [-0.2, -0.15) is 0 Å². The molecule has 1 aliphatic heterocycles. The predicted octanol–water partition coefficient (Wildman–Crippen LogP) is 4.36. The van der Waals surface area contributed by atoms with Gasteiger partial charge in [0.05, 0.1) is 32.3 Å². The largest absolute Gasteiger partial charge is 0.493 e. The number of imidazole rings is 1. The molecular weight excluding hydrogens is 440 g/mol. The Morgan fingerprint density at radius 3 is 2.66 bits per heavy atom. The van der Waals surface area contributed by atoms with Gasteiger partial charge in [-0.15, -0.1) is 0 Å². The number of ketones is 1. The van der Waals surface area contributed by atoms with Gasteiger partial charge in [0.15, 0.2) is 17.3 Å². The van der Waals surface area contributed by atoms with Crippen LogP contribution in [-0.4, -0.2) is 66.1 Å². The maximum absolute atomic E-state index is 12.8. The van der Waals surface area contributed by atoms with E-state index in [4.69, 9.17) is 9.47 Å². The van der Waals surface area contributed by atoms with Crippen LogP contribution >= 0.6 is 0 Å². The first-order chi connectivity index (χ1) is 17.2. The van der Waals surface area contributed by atoms with E-state index in [0.717, 1.165) is 56.1 Å². The molecule has 1 saturated heterocycles. The molecule has 35 heavy (non-hydrogen) atoms. The van der Waals surface area contributed by atoms with Gasteiger partial charge in [0.2, 0.25) is 0 Å². The summed E-state index contributed by atoms with van der Waals surface area (Å²) in [4.78, 5) is 24.5. The van der Waals surface area contributed by atoms with Crippen LogP contribution in [-0.2, 0) is 6.42 Å². The molecule has 184 valence electrons. The second-order valence-corrected chi connectivity index (χ2v) is 9.51. The van der Waals surface area contributed by atoms with E-state index in [1.807, 2.05) is 12.1 Å². The lowest BCUT2D eigenvalue weighted by molar-refractivity contribution is 0.0871. The van der Waals surface area contributed by atoms with Crippen molar-refractivity contribution in [1.82, 2.24) is 14.9 Å². The summed E-state index contributed by atoms with van der Waals surface area (Å²) in [7, 11) is 1.70. The minimum atomic E-state index is 0.0747. The van der Waals surface area contributed by atoms with Crippen LogP contribution in [0, 0.1) is 0 Å². The molecular formula is C28H34N4O3. The zero-order valence-electron chi connectivity index (χ0n) is 20.4. The SMILES string of the molecule is COc1ccc(N2CCN(CC(=O)c3cnc[nH]3)[C@@H](Cc3ccccc3)C2)cc1OC1CCCC1. The number of piperazine rings is 1. The van der Waals surface area contributed by atoms with E-state index < -0.39 is 0 Å². The number of methoxy groups -OCH3 is 1. The Balaban J connectivity index is 1.34. The van der Waals surface area contributed by atoms with Gasteiger partial charge in [-0.25, -0.2) is 4.98 Å². The summed E-state index contributed by atoms with van der Waals surface area (Å²) in [5, 5.41) is 0. The number of nitrogens with one attached hydrogen (secondary N) is 1. The number of ether oxygens (including phenoxy) is 2. The minimum Gasteiger partial charge on any atom is -0.493 e. The van der Waals surface area contributed by atoms with Crippen molar-refractivity contribution >= 4 is 11.5 Å². The van der Waals surface area contributed by atoms with Crippen LogP contribution in [0.15, 0.2) is 61.1 Å². The molecule has 1 saturated carbocycles. The molecule has 0 amide bonds. The summed E-state index contributed by atoms with van der Waals surface area (Å²) in [6, 6.07) is 17.0. The standard InChI is InChI=1S/C28H34N4O3/c1-34-27-12-11-22(16-28(27)35-24-9-5-6-10-24)31-13-14-32(19-26(33)25-17-29-20-30-25)23(18-31)15-21-7-3-2-4-8-21/h2-4,7-8,11-12,16-17,20,23-24H,5-6,9-10,13-15,18-19H2,1H3,(H,29,30)/t23-/m0/s1. The summed E-state index contributed by atoms with van der Waals surface area (Å²) in [5.41, 5.74) is 2.98. The first-order valence-corrected chi connectivity index (χ1v) is 12.6. The highest BCUT2D eigenvalue weighted by atomic mass is 16.5. The maximum atomic E-state index is 12.8. The van der Waals surface area contributed by atoms with E-state index in [1.54, 1.807) is 19.6 Å². The molecule has 0 bridgehead atoms. The quantitative estimate of drug-likeness (QED) is 0.465. The average Bonchev–Trinajstić information content (AvgIpc) is 3.61. The molecule has 1 N–H and O–H groups in total. The molecule has 2 heterocycles. The first kappa shape index (κ1) is 23.4. The lowest BCUT2D eigenvalue weighted by atomic mass is 10.0. The second-order valence-electron chi connectivity index (χ2n) is 9.51. The molecule has 1 atom stereocenters. The highest BCUT2D eigenvalue weighted by Crippen LogP contribution is 2.35. The third-order valence-electron chi connectivity index (χ3n) is 7.17. The number of H-pyrrole nitrogens is 1. The summed E-state index contributed by atoms with van der Waals surface area (Å²) in [6.07, 6.45) is 8.99. The van der Waals surface area contributed by atoms with Crippen LogP contribution < -0.4 is 14.4 Å². The van der Waals surface area contributed by atoms with Gasteiger partial charge >= 0.3 is 0 Å². The monoisotopic (exact) mass is 474 g/mol. The van der Waals surface area contributed by atoms with Gasteiger partial charge in [-0.05, 0) is 49.8 Å². The molecule has 2 fully saturated rings. The summed E-state index contributed by atoms with van der Waals surface area (Å²) >= 11 is 0. The topological polar surface area (TPSA) is 70.7 Å². The van der Waals surface area contributed by atoms with Crippen molar-refractivity contribution in [3.8, 4) is 11.5 Å². The minimum absolute atomic E-state index is 0.0747. The molecule has 0 unspecified atom stereocenters. The average molecular weight is 475 g/mol. The number of hydrogen-bond acceptors (Lipinski definition) is 6. The van der Waals surface area contributed by atoms with Gasteiger partial charge in [-0.3, -0.25) is 9.69 Å². The van der Waals surface area contributed by atoms with Crippen LogP contribution in [0.1, 0.15) is 41.7 Å². The molecule has 1 aliphatic carbocycles. The first-order valence-electron chi connectivity index (χ1n) is 12.6. The molecule has 2 aliphatic rings. The maximum Gasteiger partial charge on any atom is 0.194 e. The molecule has 0 radical (unpaired) electrons. The third kappa shape index (κ3) is 5.68. The van der Waals surface area contributed by atoms with Crippen LogP contribution in [0.2, 0.25) is 0 Å². The summed E-state index contributed by atoms with van der Waals surface area (Å²) in [5.74, 6) is 1.68. The Bertz CT molecular complexity index is 1100. The molecule has 7 heteroatoms. The van der Waals surface area contributed by atoms with Gasteiger partial charge in [0.1, 0.15) is 5.69 Å². The Morgan fingerprint density at radius 2 is 1.91 bits per heavy atom. The fourth-order valence-corrected chi connectivity index (χ4v) is 5.23. The highest BCUT2D eigenvalue weighted by Gasteiger charge is 2.30. The Hall–Kier alpha value is -3.32. The molecule has 2 aromatic carbocycles. The van der Waals surface area contributed by atoms with Gasteiger partial charge in [-0.1, -0.05) is 30.3 Å². The van der Waals surface area contributed by atoms with Crippen LogP contribution in [0.5, 0.6) is 11.5 Å². The van der Waals surface area contributed by atoms with E-state index >= 15 is 0 Å². The van der Waals surface area contributed by atoms with Crippen molar-refractivity contribution in [2.75, 3.05) is 38.2 Å². The Kier molecular flexibility index (Phi) is 7.33. The van der Waals surface area contributed by atoms with Crippen molar-refractivity contribution in [1.29, 1.82) is 0 Å². The second kappa shape index (κ2) is 11.0. The summed E-state index contributed by atoms with van der Waals surface area (Å²) < 4.78 is 11.9. The van der Waals surface area contributed by atoms with E-state index in [1.165, 1.54) is 18.4 Å². The third-order valence-corrected chi connectivity index (χ3v) is 7.17. The number of carbonyl (C=O) groups excluding carboxylic acids is 1. The normalized spacial score (nSPS) is 19.1. The fraction of sp³-hybridized carbons (Fsp3) is 0.429. The van der Waals surface area contributed by atoms with E-state index in [0.29, 0.717) is 12.2 Å². The molecule has 3 aromatic rings. The fourth-order valence-electron chi connectivity index (χ4n) is 5.23. The molecule has 5 rings (SSSR count). The van der Waals surface area contributed by atoms with Crippen molar-refractivity contribution < 1.29 is 14.3 Å². The van der Waals surface area contributed by atoms with Crippen molar-refractivity contribution in [3.63, 3.8) is 0 Å². The number of benzene rings is 2. The number of rotatable bonds is 9. The number of Topliss-reactive ketones (excluding diaryl/α,β-unsaturated/α-hetero) is 1.